The predicted octanol–water partition coefficient (Wildman–Crippen LogP) is 3.72. The van der Waals surface area contributed by atoms with Crippen molar-refractivity contribution in [3.63, 3.8) is 0 Å². The maximum Gasteiger partial charge on any atom is 0.359 e. The normalized spacial score (nSPS) is 11.1. The summed E-state index contributed by atoms with van der Waals surface area (Å²) in [5.41, 5.74) is 2.04. The molecule has 2 aromatic carbocycles. The molecule has 0 saturated heterocycles. The molecule has 1 aromatic heterocycles. The Kier molecular flexibility index (Phi) is 5.16. The highest BCUT2D eigenvalue weighted by atomic mass is 16.5. The van der Waals surface area contributed by atoms with Crippen molar-refractivity contribution in [3.05, 3.63) is 75.7 Å². The van der Waals surface area contributed by atoms with Crippen molar-refractivity contribution in [2.45, 2.75) is 33.9 Å². The predicted molar refractivity (Wildman–Crippen MR) is 101 cm³/mol. The molecule has 0 saturated carbocycles. The maximum atomic E-state index is 12.6. The first-order valence-corrected chi connectivity index (χ1v) is 8.68. The fraction of sp³-hybridized carbons (Fsp3) is 0.286. The summed E-state index contributed by atoms with van der Waals surface area (Å²) in [5.74, 6) is -0.294. The van der Waals surface area contributed by atoms with E-state index in [1.165, 1.54) is 4.68 Å². The van der Waals surface area contributed by atoms with Crippen LogP contribution in [0.25, 0.3) is 10.8 Å². The lowest BCUT2D eigenvalue weighted by Gasteiger charge is -2.12. The minimum atomic E-state index is -0.528. The summed E-state index contributed by atoms with van der Waals surface area (Å²) in [7, 11) is 0. The Bertz CT molecular complexity index is 988. The monoisotopic (exact) mass is 350 g/mol. The fourth-order valence-corrected chi connectivity index (χ4v) is 2.76. The van der Waals surface area contributed by atoms with Crippen LogP contribution in [0.5, 0.6) is 0 Å². The molecule has 3 aromatic rings. The standard InChI is InChI=1S/C21H22N2O3/c1-14(2)12-23-20(24)18-7-5-4-6-17(18)19(22-23)21(25)26-13-16-10-8-15(3)9-11-16/h4-11,14H,12-13H2,1-3H3. The molecule has 0 amide bonds. The van der Waals surface area contributed by atoms with E-state index in [9.17, 15) is 9.59 Å². The van der Waals surface area contributed by atoms with Gasteiger partial charge in [-0.3, -0.25) is 4.79 Å². The van der Waals surface area contributed by atoms with Crippen molar-refractivity contribution in [2.75, 3.05) is 0 Å². The summed E-state index contributed by atoms with van der Waals surface area (Å²) in [4.78, 5) is 25.2. The van der Waals surface area contributed by atoms with Gasteiger partial charge in [-0.15, -0.1) is 0 Å². The van der Waals surface area contributed by atoms with E-state index in [4.69, 9.17) is 4.74 Å². The lowest BCUT2D eigenvalue weighted by Crippen LogP contribution is -2.28. The second-order valence-electron chi connectivity index (χ2n) is 6.84. The number of carbonyl (C=O) groups excluding carboxylic acids is 1. The number of carbonyl (C=O) groups is 1. The van der Waals surface area contributed by atoms with Gasteiger partial charge < -0.3 is 4.74 Å². The van der Waals surface area contributed by atoms with Crippen molar-refractivity contribution >= 4 is 16.7 Å². The maximum absolute atomic E-state index is 12.6. The van der Waals surface area contributed by atoms with Crippen LogP contribution in [-0.2, 0) is 17.9 Å². The van der Waals surface area contributed by atoms with Crippen LogP contribution < -0.4 is 5.56 Å². The Morgan fingerprint density at radius 1 is 1.08 bits per heavy atom. The molecule has 1 heterocycles. The largest absolute Gasteiger partial charge is 0.456 e. The van der Waals surface area contributed by atoms with Gasteiger partial charge in [-0.2, -0.15) is 5.10 Å². The topological polar surface area (TPSA) is 61.2 Å². The van der Waals surface area contributed by atoms with Gasteiger partial charge in [0.15, 0.2) is 5.69 Å². The lowest BCUT2D eigenvalue weighted by atomic mass is 10.1. The Labute approximate surface area is 152 Å². The summed E-state index contributed by atoms with van der Waals surface area (Å²) < 4.78 is 6.80. The van der Waals surface area contributed by atoms with Gasteiger partial charge in [-0.25, -0.2) is 9.48 Å². The first kappa shape index (κ1) is 17.9. The first-order valence-electron chi connectivity index (χ1n) is 8.68. The average Bonchev–Trinajstić information content (AvgIpc) is 2.63. The summed E-state index contributed by atoms with van der Waals surface area (Å²) in [5, 5.41) is 5.29. The summed E-state index contributed by atoms with van der Waals surface area (Å²) in [6, 6.07) is 14.8. The van der Waals surface area contributed by atoms with Gasteiger partial charge in [0.2, 0.25) is 0 Å². The van der Waals surface area contributed by atoms with Crippen LogP contribution in [0.15, 0.2) is 53.3 Å². The Morgan fingerprint density at radius 2 is 1.73 bits per heavy atom. The number of aryl methyl sites for hydroxylation is 1. The van der Waals surface area contributed by atoms with Crippen LogP contribution in [0, 0.1) is 12.8 Å². The van der Waals surface area contributed by atoms with Crippen molar-refractivity contribution in [2.24, 2.45) is 5.92 Å². The van der Waals surface area contributed by atoms with Crippen LogP contribution >= 0.6 is 0 Å². The van der Waals surface area contributed by atoms with Gasteiger partial charge in [0, 0.05) is 11.9 Å². The van der Waals surface area contributed by atoms with Crippen molar-refractivity contribution < 1.29 is 9.53 Å². The third-order valence-electron chi connectivity index (χ3n) is 4.09. The van der Waals surface area contributed by atoms with E-state index in [2.05, 4.69) is 5.10 Å². The molecule has 26 heavy (non-hydrogen) atoms. The quantitative estimate of drug-likeness (QED) is 0.658. The van der Waals surface area contributed by atoms with Gasteiger partial charge in [0.05, 0.1) is 5.39 Å². The smallest absolute Gasteiger partial charge is 0.359 e. The molecule has 0 radical (unpaired) electrons. The molecule has 3 rings (SSSR count). The average molecular weight is 350 g/mol. The molecule has 5 heteroatoms. The number of ether oxygens (including phenoxy) is 1. The molecule has 0 aliphatic rings. The van der Waals surface area contributed by atoms with Gasteiger partial charge in [0.25, 0.3) is 5.56 Å². The molecule has 0 atom stereocenters. The summed E-state index contributed by atoms with van der Waals surface area (Å²) in [6.45, 7) is 6.61. The zero-order valence-corrected chi connectivity index (χ0v) is 15.2. The minimum absolute atomic E-state index is 0.165. The van der Waals surface area contributed by atoms with Crippen molar-refractivity contribution in [3.8, 4) is 0 Å². The third kappa shape index (κ3) is 3.82. The van der Waals surface area contributed by atoms with Crippen LogP contribution in [0.1, 0.15) is 35.5 Å². The first-order chi connectivity index (χ1) is 12.5. The van der Waals surface area contributed by atoms with E-state index in [-0.39, 0.29) is 23.8 Å². The highest BCUT2D eigenvalue weighted by Crippen LogP contribution is 2.16. The molecule has 5 nitrogen and oxygen atoms in total. The molecule has 0 fully saturated rings. The highest BCUT2D eigenvalue weighted by Gasteiger charge is 2.18. The van der Waals surface area contributed by atoms with E-state index < -0.39 is 5.97 Å². The molecule has 0 spiro atoms. The third-order valence-corrected chi connectivity index (χ3v) is 4.09. The highest BCUT2D eigenvalue weighted by molar-refractivity contribution is 6.02. The van der Waals surface area contributed by atoms with Crippen LogP contribution in [0.2, 0.25) is 0 Å². The number of esters is 1. The summed E-state index contributed by atoms with van der Waals surface area (Å²) >= 11 is 0. The van der Waals surface area contributed by atoms with Gasteiger partial charge in [0.1, 0.15) is 6.61 Å². The van der Waals surface area contributed by atoms with Gasteiger partial charge in [-0.05, 0) is 24.5 Å². The SMILES string of the molecule is Cc1ccc(COC(=O)c2nn(CC(C)C)c(=O)c3ccccc23)cc1. The van der Waals surface area contributed by atoms with Gasteiger partial charge in [-0.1, -0.05) is 61.9 Å². The van der Waals surface area contributed by atoms with E-state index in [0.717, 1.165) is 11.1 Å². The molecule has 0 aliphatic heterocycles. The Hall–Kier alpha value is -2.95. The number of nitrogens with zero attached hydrogens (tertiary/aromatic N) is 2. The van der Waals surface area contributed by atoms with Crippen molar-refractivity contribution in [1.29, 1.82) is 0 Å². The van der Waals surface area contributed by atoms with Crippen molar-refractivity contribution in [1.82, 2.24) is 9.78 Å². The van der Waals surface area contributed by atoms with E-state index in [0.29, 0.717) is 17.3 Å². The molecule has 0 unspecified atom stereocenters. The fourth-order valence-electron chi connectivity index (χ4n) is 2.76. The second-order valence-corrected chi connectivity index (χ2v) is 6.84. The molecule has 0 N–H and O–H groups in total. The zero-order chi connectivity index (χ0) is 18.7. The van der Waals surface area contributed by atoms with Crippen LogP contribution in [0.3, 0.4) is 0 Å². The number of hydrogen-bond acceptors (Lipinski definition) is 4. The zero-order valence-electron chi connectivity index (χ0n) is 15.2. The number of hydrogen-bond donors (Lipinski definition) is 0. The van der Waals surface area contributed by atoms with Gasteiger partial charge >= 0.3 is 5.97 Å². The van der Waals surface area contributed by atoms with E-state index >= 15 is 0 Å². The molecule has 134 valence electrons. The Morgan fingerprint density at radius 3 is 2.38 bits per heavy atom. The lowest BCUT2D eigenvalue weighted by molar-refractivity contribution is 0.0465. The van der Waals surface area contributed by atoms with E-state index in [1.807, 2.05) is 45.0 Å². The molecular formula is C21H22N2O3. The van der Waals surface area contributed by atoms with E-state index in [1.54, 1.807) is 24.3 Å². The number of benzene rings is 2. The second kappa shape index (κ2) is 7.52. The number of fused-ring (bicyclic) bond motifs is 1. The number of aromatic nitrogens is 2. The minimum Gasteiger partial charge on any atom is -0.456 e. The number of rotatable bonds is 5. The Balaban J connectivity index is 1.94. The van der Waals surface area contributed by atoms with Crippen LogP contribution in [-0.4, -0.2) is 15.7 Å². The van der Waals surface area contributed by atoms with Crippen LogP contribution in [0.4, 0.5) is 0 Å². The molecule has 0 bridgehead atoms. The molecular weight excluding hydrogens is 328 g/mol. The molecule has 0 aliphatic carbocycles. The summed E-state index contributed by atoms with van der Waals surface area (Å²) in [6.07, 6.45) is 0.